The molecule has 0 bridgehead atoms. The first kappa shape index (κ1) is 23.7. The van der Waals surface area contributed by atoms with E-state index in [1.807, 2.05) is 29.3 Å². The Bertz CT molecular complexity index is 1150. The van der Waals surface area contributed by atoms with E-state index in [0.29, 0.717) is 39.2 Å². The molecule has 1 saturated heterocycles. The Balaban J connectivity index is 1.60. The van der Waals surface area contributed by atoms with E-state index in [-0.39, 0.29) is 17.9 Å². The van der Waals surface area contributed by atoms with Gasteiger partial charge in [0.1, 0.15) is 5.75 Å². The largest absolute Gasteiger partial charge is 0.497 e. The second kappa shape index (κ2) is 10.6. The zero-order valence-corrected chi connectivity index (χ0v) is 20.2. The van der Waals surface area contributed by atoms with Gasteiger partial charge in [-0.2, -0.15) is 0 Å². The SMILES string of the molecule is CCOC(=O)N1CCN(C(=O)C[C@H](c2cccc(OC)c2)c2c[nH]c3c(CC)cccc23)CC1. The summed E-state index contributed by atoms with van der Waals surface area (Å²) < 4.78 is 10.6. The van der Waals surface area contributed by atoms with Crippen molar-refractivity contribution in [3.63, 3.8) is 0 Å². The highest BCUT2D eigenvalue weighted by atomic mass is 16.6. The third-order valence-corrected chi connectivity index (χ3v) is 6.62. The summed E-state index contributed by atoms with van der Waals surface area (Å²) in [6, 6.07) is 14.3. The van der Waals surface area contributed by atoms with Crippen LogP contribution in [0.25, 0.3) is 10.9 Å². The zero-order chi connectivity index (χ0) is 24.1. The molecule has 0 saturated carbocycles. The molecule has 180 valence electrons. The van der Waals surface area contributed by atoms with Gasteiger partial charge in [0.25, 0.3) is 0 Å². The molecule has 2 aromatic carbocycles. The average Bonchev–Trinajstić information content (AvgIpc) is 3.31. The molecule has 0 radical (unpaired) electrons. The van der Waals surface area contributed by atoms with Crippen LogP contribution in [-0.2, 0) is 16.0 Å². The van der Waals surface area contributed by atoms with Gasteiger partial charge in [-0.15, -0.1) is 0 Å². The monoisotopic (exact) mass is 463 g/mol. The first-order valence-corrected chi connectivity index (χ1v) is 12.0. The second-order valence-corrected chi connectivity index (χ2v) is 8.54. The Morgan fingerprint density at radius 1 is 1.03 bits per heavy atom. The number of fused-ring (bicyclic) bond motifs is 1. The molecule has 1 aliphatic heterocycles. The number of nitrogens with one attached hydrogen (secondary N) is 1. The zero-order valence-electron chi connectivity index (χ0n) is 20.2. The van der Waals surface area contributed by atoms with Crippen LogP contribution >= 0.6 is 0 Å². The molecule has 4 rings (SSSR count). The molecule has 2 heterocycles. The van der Waals surface area contributed by atoms with Gasteiger partial charge in [-0.1, -0.05) is 37.3 Å². The van der Waals surface area contributed by atoms with Crippen LogP contribution in [0.2, 0.25) is 0 Å². The maximum atomic E-state index is 13.4. The summed E-state index contributed by atoms with van der Waals surface area (Å²) in [6.07, 6.45) is 3.01. The van der Waals surface area contributed by atoms with Crippen LogP contribution in [0.4, 0.5) is 4.79 Å². The molecular weight excluding hydrogens is 430 g/mol. The Hall–Kier alpha value is -3.48. The van der Waals surface area contributed by atoms with Crippen molar-refractivity contribution in [2.75, 3.05) is 39.9 Å². The van der Waals surface area contributed by atoms with Gasteiger partial charge in [0.05, 0.1) is 13.7 Å². The number of para-hydroxylation sites is 1. The summed E-state index contributed by atoms with van der Waals surface area (Å²) in [6.45, 7) is 6.29. The smallest absolute Gasteiger partial charge is 0.409 e. The summed E-state index contributed by atoms with van der Waals surface area (Å²) in [7, 11) is 1.65. The lowest BCUT2D eigenvalue weighted by molar-refractivity contribution is -0.133. The fraction of sp³-hybridized carbons (Fsp3) is 0.407. The Labute approximate surface area is 200 Å². The number of hydrogen-bond donors (Lipinski definition) is 1. The molecule has 1 aliphatic rings. The summed E-state index contributed by atoms with van der Waals surface area (Å²) in [5.41, 5.74) is 4.54. The van der Waals surface area contributed by atoms with Crippen LogP contribution in [0.3, 0.4) is 0 Å². The number of methoxy groups -OCH3 is 1. The number of amides is 2. The lowest BCUT2D eigenvalue weighted by Gasteiger charge is -2.34. The third kappa shape index (κ3) is 4.88. The van der Waals surface area contributed by atoms with E-state index in [1.165, 1.54) is 5.56 Å². The van der Waals surface area contributed by atoms with Gasteiger partial charge >= 0.3 is 6.09 Å². The molecule has 3 aromatic rings. The highest BCUT2D eigenvalue weighted by Gasteiger charge is 2.28. The number of H-pyrrole nitrogens is 1. The van der Waals surface area contributed by atoms with Gasteiger partial charge in [-0.3, -0.25) is 4.79 Å². The molecule has 1 atom stereocenters. The normalized spacial score (nSPS) is 14.8. The predicted octanol–water partition coefficient (Wildman–Crippen LogP) is 4.56. The van der Waals surface area contributed by atoms with Gasteiger partial charge in [-0.25, -0.2) is 4.79 Å². The van der Waals surface area contributed by atoms with Crippen molar-refractivity contribution >= 4 is 22.9 Å². The molecule has 1 fully saturated rings. The van der Waals surface area contributed by atoms with Crippen molar-refractivity contribution in [3.05, 3.63) is 65.4 Å². The summed E-state index contributed by atoms with van der Waals surface area (Å²) in [4.78, 5) is 32.4. The Kier molecular flexibility index (Phi) is 7.40. The van der Waals surface area contributed by atoms with Gasteiger partial charge in [0.2, 0.25) is 5.91 Å². The van der Waals surface area contributed by atoms with Crippen molar-refractivity contribution in [2.24, 2.45) is 0 Å². The van der Waals surface area contributed by atoms with E-state index in [0.717, 1.165) is 34.2 Å². The van der Waals surface area contributed by atoms with Crippen LogP contribution in [0.1, 0.15) is 42.9 Å². The van der Waals surface area contributed by atoms with E-state index >= 15 is 0 Å². The number of carbonyl (C=O) groups excluding carboxylic acids is 2. The quantitative estimate of drug-likeness (QED) is 0.557. The molecule has 7 heteroatoms. The number of benzene rings is 2. The standard InChI is InChI=1S/C27H33N3O4/c1-4-19-8-7-11-22-24(18-28-26(19)22)23(20-9-6-10-21(16-20)33-3)17-25(31)29-12-14-30(15-13-29)27(32)34-5-2/h6-11,16,18,23,28H,4-5,12-15,17H2,1-3H3/t23-/m1/s1. The molecule has 34 heavy (non-hydrogen) atoms. The fourth-order valence-corrected chi connectivity index (χ4v) is 4.74. The average molecular weight is 464 g/mol. The van der Waals surface area contributed by atoms with E-state index in [1.54, 1.807) is 18.9 Å². The summed E-state index contributed by atoms with van der Waals surface area (Å²) >= 11 is 0. The minimum atomic E-state index is -0.311. The molecule has 2 amide bonds. The van der Waals surface area contributed by atoms with Crippen LogP contribution in [0, 0.1) is 0 Å². The Morgan fingerprint density at radius 2 is 1.76 bits per heavy atom. The van der Waals surface area contributed by atoms with E-state index in [2.05, 4.69) is 36.2 Å². The number of rotatable bonds is 7. The molecule has 1 N–H and O–H groups in total. The molecule has 0 aliphatic carbocycles. The number of carbonyl (C=O) groups is 2. The topological polar surface area (TPSA) is 74.9 Å². The molecule has 0 unspecified atom stereocenters. The van der Waals surface area contributed by atoms with Gasteiger partial charge in [0.15, 0.2) is 0 Å². The lowest BCUT2D eigenvalue weighted by atomic mass is 9.87. The molecule has 0 spiro atoms. The number of nitrogens with zero attached hydrogens (tertiary/aromatic N) is 2. The summed E-state index contributed by atoms with van der Waals surface area (Å²) in [5.74, 6) is 0.732. The second-order valence-electron chi connectivity index (χ2n) is 8.54. The minimum absolute atomic E-state index is 0.0809. The number of hydrogen-bond acceptors (Lipinski definition) is 4. The van der Waals surface area contributed by atoms with E-state index in [4.69, 9.17) is 9.47 Å². The number of aromatic amines is 1. The maximum absolute atomic E-state index is 13.4. The van der Waals surface area contributed by atoms with Crippen LogP contribution < -0.4 is 4.74 Å². The van der Waals surface area contributed by atoms with E-state index < -0.39 is 0 Å². The lowest BCUT2D eigenvalue weighted by Crippen LogP contribution is -2.50. The van der Waals surface area contributed by atoms with Gasteiger partial charge in [-0.05, 0) is 42.2 Å². The van der Waals surface area contributed by atoms with Crippen molar-refractivity contribution in [1.29, 1.82) is 0 Å². The molecule has 7 nitrogen and oxygen atoms in total. The molecule has 1 aromatic heterocycles. The molecular formula is C27H33N3O4. The van der Waals surface area contributed by atoms with Crippen LogP contribution in [0.5, 0.6) is 5.75 Å². The van der Waals surface area contributed by atoms with Crippen molar-refractivity contribution in [3.8, 4) is 5.75 Å². The maximum Gasteiger partial charge on any atom is 0.409 e. The highest BCUT2D eigenvalue weighted by Crippen LogP contribution is 2.36. The number of ether oxygens (including phenoxy) is 2. The van der Waals surface area contributed by atoms with Crippen molar-refractivity contribution in [1.82, 2.24) is 14.8 Å². The first-order valence-electron chi connectivity index (χ1n) is 12.0. The van der Waals surface area contributed by atoms with E-state index in [9.17, 15) is 9.59 Å². The minimum Gasteiger partial charge on any atom is -0.497 e. The number of aromatic nitrogens is 1. The van der Waals surface area contributed by atoms with Gasteiger partial charge in [0, 0.05) is 55.6 Å². The van der Waals surface area contributed by atoms with Crippen molar-refractivity contribution in [2.45, 2.75) is 32.6 Å². The first-order chi connectivity index (χ1) is 16.5. The highest BCUT2D eigenvalue weighted by molar-refractivity contribution is 5.88. The van der Waals surface area contributed by atoms with Crippen LogP contribution in [0.15, 0.2) is 48.7 Å². The third-order valence-electron chi connectivity index (χ3n) is 6.62. The Morgan fingerprint density at radius 3 is 2.47 bits per heavy atom. The van der Waals surface area contributed by atoms with Crippen molar-refractivity contribution < 1.29 is 19.1 Å². The van der Waals surface area contributed by atoms with Crippen LogP contribution in [-0.4, -0.2) is 66.7 Å². The predicted molar refractivity (Wildman–Crippen MR) is 132 cm³/mol. The number of aryl methyl sites for hydroxylation is 1. The fourth-order valence-electron chi connectivity index (χ4n) is 4.74. The van der Waals surface area contributed by atoms with Gasteiger partial charge < -0.3 is 24.3 Å². The summed E-state index contributed by atoms with van der Waals surface area (Å²) in [5, 5.41) is 1.15. The number of piperazine rings is 1.